The zero-order valence-electron chi connectivity index (χ0n) is 22.0. The van der Waals surface area contributed by atoms with Gasteiger partial charge in [-0.1, -0.05) is 40.8 Å². The first-order chi connectivity index (χ1) is 19.6. The second-order valence-electron chi connectivity index (χ2n) is 9.30. The van der Waals surface area contributed by atoms with E-state index in [1.807, 2.05) is 6.07 Å². The summed E-state index contributed by atoms with van der Waals surface area (Å²) < 4.78 is 44.1. The Bertz CT molecular complexity index is 1460. The topological polar surface area (TPSA) is 153 Å². The molecule has 0 fully saturated rings. The second kappa shape index (κ2) is 13.1. The van der Waals surface area contributed by atoms with E-state index < -0.39 is 30.0 Å². The zero-order valence-corrected chi connectivity index (χ0v) is 22.0. The highest BCUT2D eigenvalue weighted by Crippen LogP contribution is 2.26. The van der Waals surface area contributed by atoms with E-state index in [9.17, 15) is 27.9 Å². The van der Waals surface area contributed by atoms with Crippen LogP contribution in [-0.4, -0.2) is 64.7 Å². The number of nitrogens with zero attached hydrogens (tertiary/aromatic N) is 7. The second-order valence-corrected chi connectivity index (χ2v) is 9.30. The fourth-order valence-electron chi connectivity index (χ4n) is 3.83. The van der Waals surface area contributed by atoms with Crippen molar-refractivity contribution in [2.45, 2.75) is 51.1 Å². The van der Waals surface area contributed by atoms with Gasteiger partial charge in [0.15, 0.2) is 11.4 Å². The molecular weight excluding hydrogens is 543 g/mol. The van der Waals surface area contributed by atoms with Crippen LogP contribution in [0.25, 0.3) is 0 Å². The summed E-state index contributed by atoms with van der Waals surface area (Å²) in [7, 11) is 0. The molecule has 0 spiro atoms. The number of rotatable bonds is 13. The van der Waals surface area contributed by atoms with Crippen molar-refractivity contribution in [3.63, 3.8) is 0 Å². The predicted octanol–water partition coefficient (Wildman–Crippen LogP) is 2.20. The molecular formula is C26H28F3N9O3. The van der Waals surface area contributed by atoms with E-state index in [2.05, 4.69) is 36.2 Å². The van der Waals surface area contributed by atoms with Crippen LogP contribution in [0.3, 0.4) is 0 Å². The molecule has 12 nitrogen and oxygen atoms in total. The van der Waals surface area contributed by atoms with Crippen molar-refractivity contribution in [2.24, 2.45) is 0 Å². The third kappa shape index (κ3) is 8.17. The van der Waals surface area contributed by atoms with Crippen molar-refractivity contribution in [3.8, 4) is 0 Å². The van der Waals surface area contributed by atoms with Gasteiger partial charge in [-0.25, -0.2) is 17.9 Å². The van der Waals surface area contributed by atoms with Crippen molar-refractivity contribution >= 4 is 11.8 Å². The summed E-state index contributed by atoms with van der Waals surface area (Å²) in [6.45, 7) is 0.294. The number of alkyl halides is 3. The van der Waals surface area contributed by atoms with E-state index in [1.54, 1.807) is 24.3 Å². The minimum Gasteiger partial charge on any atom is -0.394 e. The number of aliphatic hydroxyl groups excluding tert-OH is 1. The molecule has 0 saturated heterocycles. The number of pyridine rings is 1. The lowest BCUT2D eigenvalue weighted by molar-refractivity contribution is 0.0173. The van der Waals surface area contributed by atoms with Gasteiger partial charge in [-0.05, 0) is 17.7 Å². The molecule has 0 aliphatic heterocycles. The minimum absolute atomic E-state index is 0.0131. The minimum atomic E-state index is -3.04. The molecule has 3 N–H and O–H groups in total. The predicted molar refractivity (Wildman–Crippen MR) is 138 cm³/mol. The van der Waals surface area contributed by atoms with Gasteiger partial charge in [0.1, 0.15) is 6.17 Å². The van der Waals surface area contributed by atoms with Gasteiger partial charge in [0.25, 0.3) is 17.7 Å². The number of aliphatic hydroxyl groups is 1. The van der Waals surface area contributed by atoms with Crippen LogP contribution >= 0.6 is 0 Å². The summed E-state index contributed by atoms with van der Waals surface area (Å²) >= 11 is 0. The lowest BCUT2D eigenvalue weighted by Crippen LogP contribution is -2.31. The smallest absolute Gasteiger partial charge is 0.274 e. The highest BCUT2D eigenvalue weighted by molar-refractivity contribution is 5.92. The molecule has 41 heavy (non-hydrogen) atoms. The fraction of sp³-hybridized carbons (Fsp3) is 0.346. The summed E-state index contributed by atoms with van der Waals surface area (Å²) in [6.07, 6.45) is 2.52. The van der Waals surface area contributed by atoms with Crippen molar-refractivity contribution < 1.29 is 27.9 Å². The van der Waals surface area contributed by atoms with Crippen LogP contribution in [0, 0.1) is 0 Å². The normalized spacial score (nSPS) is 13.0. The Kier molecular flexibility index (Phi) is 9.39. The van der Waals surface area contributed by atoms with Crippen LogP contribution in [0.2, 0.25) is 0 Å². The van der Waals surface area contributed by atoms with E-state index in [0.717, 1.165) is 12.5 Å². The number of halogens is 3. The van der Waals surface area contributed by atoms with Gasteiger partial charge in [-0.3, -0.25) is 19.3 Å². The van der Waals surface area contributed by atoms with Crippen molar-refractivity contribution in [2.75, 3.05) is 6.61 Å². The summed E-state index contributed by atoms with van der Waals surface area (Å²) in [5.74, 6) is -4.19. The van der Waals surface area contributed by atoms with Crippen LogP contribution < -0.4 is 10.6 Å². The van der Waals surface area contributed by atoms with E-state index in [1.165, 1.54) is 40.1 Å². The standard InChI is InChI=1S/C26H28F3N9O3/c1-26(28,29)18-7-9-30-20(11-18)12-31-24(40)21-15-38(36-33-21)13-19(27)8-10-37-14-22(34-35-37)25(41)32-23(16-39)17-5-3-2-4-6-17/h2-7,9,11,14-15,19,23,39H,8,10,12-13,16H2,1H3,(H,31,40)(H,32,41)/t19?,23-/m1/s1. The zero-order chi connectivity index (χ0) is 29.4. The molecule has 3 aromatic heterocycles. The lowest BCUT2D eigenvalue weighted by atomic mass is 10.1. The molecule has 0 saturated carbocycles. The average Bonchev–Trinajstić information content (AvgIpc) is 3.64. The van der Waals surface area contributed by atoms with Crippen LogP contribution in [-0.2, 0) is 25.6 Å². The van der Waals surface area contributed by atoms with Crippen LogP contribution in [0.5, 0.6) is 0 Å². The SMILES string of the molecule is CC(F)(F)c1ccnc(CNC(=O)c2cn(CC(F)CCn3cc(C(=O)N[C@H](CO)c4ccccc4)nn3)nn2)c1. The molecule has 4 rings (SSSR count). The molecule has 4 aromatic rings. The number of carbonyl (C=O) groups excluding carboxylic acids is 2. The van der Waals surface area contributed by atoms with Crippen LogP contribution in [0.4, 0.5) is 13.2 Å². The molecule has 1 unspecified atom stereocenters. The van der Waals surface area contributed by atoms with Gasteiger partial charge in [0.05, 0.1) is 43.8 Å². The maximum absolute atomic E-state index is 14.6. The monoisotopic (exact) mass is 571 g/mol. The van der Waals surface area contributed by atoms with Crippen molar-refractivity contribution in [1.82, 2.24) is 45.6 Å². The van der Waals surface area contributed by atoms with Crippen molar-refractivity contribution in [3.05, 3.63) is 89.3 Å². The Morgan fingerprint density at radius 2 is 1.71 bits per heavy atom. The summed E-state index contributed by atoms with van der Waals surface area (Å²) in [5, 5.41) is 30.0. The van der Waals surface area contributed by atoms with Crippen LogP contribution in [0.15, 0.2) is 61.1 Å². The number of benzene rings is 1. The Labute approximate surface area is 232 Å². The number of nitrogens with one attached hydrogen (secondary N) is 2. The number of carbonyl (C=O) groups is 2. The third-order valence-electron chi connectivity index (χ3n) is 6.04. The number of hydrogen-bond acceptors (Lipinski definition) is 8. The maximum Gasteiger partial charge on any atom is 0.274 e. The first-order valence-corrected chi connectivity index (χ1v) is 12.6. The third-order valence-corrected chi connectivity index (χ3v) is 6.04. The first kappa shape index (κ1) is 29.3. The highest BCUT2D eigenvalue weighted by atomic mass is 19.3. The average molecular weight is 572 g/mol. The summed E-state index contributed by atoms with van der Waals surface area (Å²) in [4.78, 5) is 28.9. The molecule has 3 heterocycles. The van der Waals surface area contributed by atoms with Gasteiger partial charge in [-0.2, -0.15) is 0 Å². The molecule has 0 bridgehead atoms. The van der Waals surface area contributed by atoms with Gasteiger partial charge >= 0.3 is 0 Å². The number of amides is 2. The Morgan fingerprint density at radius 1 is 1.02 bits per heavy atom. The number of aromatic nitrogens is 7. The molecule has 0 aliphatic rings. The Hall–Kier alpha value is -4.66. The fourth-order valence-corrected chi connectivity index (χ4v) is 3.83. The van der Waals surface area contributed by atoms with E-state index >= 15 is 0 Å². The molecule has 2 amide bonds. The number of hydrogen-bond donors (Lipinski definition) is 3. The van der Waals surface area contributed by atoms with E-state index in [0.29, 0.717) is 0 Å². The number of aryl methyl sites for hydroxylation is 1. The van der Waals surface area contributed by atoms with Gasteiger partial charge < -0.3 is 15.7 Å². The Balaban J connectivity index is 1.23. The summed E-state index contributed by atoms with van der Waals surface area (Å²) in [6, 6.07) is 10.7. The van der Waals surface area contributed by atoms with E-state index in [-0.39, 0.29) is 55.3 Å². The van der Waals surface area contributed by atoms with Crippen LogP contribution in [0.1, 0.15) is 57.2 Å². The maximum atomic E-state index is 14.6. The Morgan fingerprint density at radius 3 is 2.41 bits per heavy atom. The van der Waals surface area contributed by atoms with E-state index in [4.69, 9.17) is 0 Å². The molecule has 1 aromatic carbocycles. The lowest BCUT2D eigenvalue weighted by Gasteiger charge is -2.15. The molecule has 15 heteroatoms. The molecule has 0 radical (unpaired) electrons. The van der Waals surface area contributed by atoms with Gasteiger partial charge in [0, 0.05) is 31.6 Å². The van der Waals surface area contributed by atoms with Crippen molar-refractivity contribution in [1.29, 1.82) is 0 Å². The molecule has 216 valence electrons. The highest BCUT2D eigenvalue weighted by Gasteiger charge is 2.24. The largest absolute Gasteiger partial charge is 0.394 e. The quantitative estimate of drug-likeness (QED) is 0.221. The van der Waals surface area contributed by atoms with Gasteiger partial charge in [-0.15, -0.1) is 10.2 Å². The summed E-state index contributed by atoms with van der Waals surface area (Å²) in [5.41, 5.74) is 0.702. The first-order valence-electron chi connectivity index (χ1n) is 12.6. The molecule has 0 aliphatic carbocycles. The van der Waals surface area contributed by atoms with Gasteiger partial charge in [0.2, 0.25) is 0 Å². The molecule has 2 atom stereocenters.